The van der Waals surface area contributed by atoms with E-state index in [1.165, 1.54) is 12.5 Å². The molecule has 2 aromatic rings. The van der Waals surface area contributed by atoms with Crippen LogP contribution in [-0.4, -0.2) is 87.0 Å². The van der Waals surface area contributed by atoms with Gasteiger partial charge in [0.25, 0.3) is 0 Å². The summed E-state index contributed by atoms with van der Waals surface area (Å²) in [5.41, 5.74) is 7.64. The number of carbonyl (C=O) groups excluding carboxylic acids is 2. The molecule has 1 saturated carbocycles. The van der Waals surface area contributed by atoms with E-state index in [-0.39, 0.29) is 41.7 Å². The third-order valence-electron chi connectivity index (χ3n) is 8.86. The lowest BCUT2D eigenvalue weighted by atomic mass is 9.78. The van der Waals surface area contributed by atoms with Crippen molar-refractivity contribution in [1.82, 2.24) is 19.8 Å². The summed E-state index contributed by atoms with van der Waals surface area (Å²) in [6, 6.07) is 3.97. The summed E-state index contributed by atoms with van der Waals surface area (Å²) in [5, 5.41) is 9.26. The highest BCUT2D eigenvalue weighted by Gasteiger charge is 2.46. The first-order chi connectivity index (χ1) is 18.4. The van der Waals surface area contributed by atoms with Gasteiger partial charge in [-0.1, -0.05) is 6.42 Å². The number of ketones is 1. The number of alkyl halides is 1. The van der Waals surface area contributed by atoms with Crippen molar-refractivity contribution >= 4 is 28.7 Å². The molecule has 2 saturated heterocycles. The van der Waals surface area contributed by atoms with Gasteiger partial charge in [-0.15, -0.1) is 0 Å². The van der Waals surface area contributed by atoms with Crippen LogP contribution in [0.5, 0.6) is 0 Å². The largest absolute Gasteiger partial charge is 0.477 e. The summed E-state index contributed by atoms with van der Waals surface area (Å²) < 4.78 is 13.1. The van der Waals surface area contributed by atoms with Crippen molar-refractivity contribution in [3.63, 3.8) is 0 Å². The molecule has 206 valence electrons. The summed E-state index contributed by atoms with van der Waals surface area (Å²) in [6.07, 6.45) is 7.08. The fraction of sp³-hybridized carbons (Fsp3) is 0.643. The number of carboxylic acid groups (broad SMARTS) is 1. The van der Waals surface area contributed by atoms with Gasteiger partial charge in [-0.05, 0) is 82.2 Å². The summed E-state index contributed by atoms with van der Waals surface area (Å²) in [6.45, 7) is 1.90. The zero-order valence-corrected chi connectivity index (χ0v) is 21.8. The number of halogens is 1. The van der Waals surface area contributed by atoms with Crippen molar-refractivity contribution in [2.24, 2.45) is 17.6 Å². The standard InChI is InChI=1S/C28H38FN5O4/c29-16-20(30)17-4-6-18(7-5-17)27(36)34-13-10-24(33-11-2-1-3-12-33)26(34)25(35)14-19-8-9-21-22(31-19)15-23(32-21)28(37)38/h8-9,15,17-18,20,24,26,32H,1-7,10-14,16,30H2,(H,37,38)/t17?,18?,20-,24-,26+/m1/s1. The minimum Gasteiger partial charge on any atom is -0.477 e. The van der Waals surface area contributed by atoms with Crippen LogP contribution in [0.2, 0.25) is 0 Å². The van der Waals surface area contributed by atoms with E-state index in [4.69, 9.17) is 5.73 Å². The van der Waals surface area contributed by atoms with Crippen molar-refractivity contribution in [3.05, 3.63) is 29.6 Å². The van der Waals surface area contributed by atoms with E-state index in [0.29, 0.717) is 36.1 Å². The molecule has 9 nitrogen and oxygen atoms in total. The number of pyridine rings is 1. The quantitative estimate of drug-likeness (QED) is 0.481. The molecule has 0 spiro atoms. The van der Waals surface area contributed by atoms with Crippen LogP contribution in [0.3, 0.4) is 0 Å². The normalized spacial score (nSPS) is 27.5. The molecule has 3 atom stereocenters. The van der Waals surface area contributed by atoms with Gasteiger partial charge >= 0.3 is 5.97 Å². The third kappa shape index (κ3) is 5.47. The third-order valence-corrected chi connectivity index (χ3v) is 8.86. The maximum absolute atomic E-state index is 13.9. The Hall–Kier alpha value is -2.85. The zero-order chi connectivity index (χ0) is 26.8. The Morgan fingerprint density at radius 1 is 1.08 bits per heavy atom. The number of nitrogens with two attached hydrogens (primary N) is 1. The highest BCUT2D eigenvalue weighted by molar-refractivity contribution is 5.94. The number of amides is 1. The number of fused-ring (bicyclic) bond motifs is 1. The maximum atomic E-state index is 13.9. The van der Waals surface area contributed by atoms with Crippen LogP contribution in [-0.2, 0) is 16.0 Å². The minimum absolute atomic E-state index is 0.00217. The molecule has 1 aliphatic carbocycles. The second-order valence-corrected chi connectivity index (χ2v) is 11.2. The Morgan fingerprint density at radius 3 is 2.50 bits per heavy atom. The molecule has 2 aliphatic heterocycles. The van der Waals surface area contributed by atoms with Gasteiger partial charge in [-0.3, -0.25) is 19.5 Å². The molecule has 4 N–H and O–H groups in total. The number of rotatable bonds is 8. The van der Waals surface area contributed by atoms with E-state index in [0.717, 1.165) is 45.2 Å². The highest BCUT2D eigenvalue weighted by atomic mass is 19.1. The van der Waals surface area contributed by atoms with E-state index in [2.05, 4.69) is 14.9 Å². The molecule has 0 radical (unpaired) electrons. The SMILES string of the molecule is N[C@H](CF)C1CCC(C(=O)N2CC[C@@H](N3CCCCC3)[C@H]2C(=O)Cc2ccc3[nH]c(C(=O)O)cc3n2)CC1. The van der Waals surface area contributed by atoms with Gasteiger partial charge in [-0.2, -0.15) is 0 Å². The van der Waals surface area contributed by atoms with Gasteiger partial charge in [0.2, 0.25) is 5.91 Å². The smallest absolute Gasteiger partial charge is 0.352 e. The molecule has 0 unspecified atom stereocenters. The number of hydrogen-bond acceptors (Lipinski definition) is 6. The number of carbonyl (C=O) groups is 3. The number of nitrogens with zero attached hydrogens (tertiary/aromatic N) is 3. The maximum Gasteiger partial charge on any atom is 0.352 e. The minimum atomic E-state index is -1.06. The first-order valence-corrected chi connectivity index (χ1v) is 14.0. The number of hydrogen-bond donors (Lipinski definition) is 3. The number of nitrogens with one attached hydrogen (secondary N) is 1. The van der Waals surface area contributed by atoms with Crippen molar-refractivity contribution in [1.29, 1.82) is 0 Å². The van der Waals surface area contributed by atoms with Crippen LogP contribution < -0.4 is 5.73 Å². The van der Waals surface area contributed by atoms with Crippen LogP contribution in [0.4, 0.5) is 4.39 Å². The number of aromatic carboxylic acids is 1. The van der Waals surface area contributed by atoms with E-state index in [1.807, 2.05) is 4.90 Å². The molecule has 2 aromatic heterocycles. The van der Waals surface area contributed by atoms with Crippen LogP contribution >= 0.6 is 0 Å². The van der Waals surface area contributed by atoms with E-state index < -0.39 is 24.7 Å². The Morgan fingerprint density at radius 2 is 1.82 bits per heavy atom. The van der Waals surface area contributed by atoms with Crippen molar-refractivity contribution in [2.75, 3.05) is 26.3 Å². The summed E-state index contributed by atoms with van der Waals surface area (Å²) in [5.74, 6) is -1.10. The number of aromatic nitrogens is 2. The number of H-pyrrole nitrogens is 1. The number of carboxylic acids is 1. The zero-order valence-electron chi connectivity index (χ0n) is 21.8. The van der Waals surface area contributed by atoms with Crippen molar-refractivity contribution in [3.8, 4) is 0 Å². The van der Waals surface area contributed by atoms with Gasteiger partial charge in [0.05, 0.1) is 17.5 Å². The highest BCUT2D eigenvalue weighted by Crippen LogP contribution is 2.35. The Kier molecular flexibility index (Phi) is 8.09. The molecule has 38 heavy (non-hydrogen) atoms. The fourth-order valence-electron chi connectivity index (χ4n) is 6.75. The molecule has 3 fully saturated rings. The van der Waals surface area contributed by atoms with Crippen molar-refractivity contribution in [2.45, 2.75) is 75.9 Å². The Bertz CT molecular complexity index is 1170. The molecule has 1 amide bonds. The predicted octanol–water partition coefficient (Wildman–Crippen LogP) is 2.93. The number of likely N-dealkylation sites (tertiary alicyclic amines) is 2. The van der Waals surface area contributed by atoms with E-state index in [1.54, 1.807) is 12.1 Å². The number of Topliss-reactive ketones (excluding diaryl/α,β-unsaturated/α-hetero) is 1. The average molecular weight is 528 g/mol. The molecule has 0 bridgehead atoms. The van der Waals surface area contributed by atoms with E-state index in [9.17, 15) is 23.9 Å². The fourth-order valence-corrected chi connectivity index (χ4v) is 6.75. The number of aromatic amines is 1. The number of piperidine rings is 1. The van der Waals surface area contributed by atoms with E-state index >= 15 is 0 Å². The van der Waals surface area contributed by atoms with Crippen molar-refractivity contribution < 1.29 is 23.9 Å². The van der Waals surface area contributed by atoms with Gasteiger partial charge in [-0.25, -0.2) is 9.18 Å². The van der Waals surface area contributed by atoms with Crippen LogP contribution in [0.1, 0.15) is 67.5 Å². The lowest BCUT2D eigenvalue weighted by Gasteiger charge is -2.38. The molecule has 5 rings (SSSR count). The molecule has 10 heteroatoms. The van der Waals surface area contributed by atoms with Gasteiger partial charge < -0.3 is 20.7 Å². The average Bonchev–Trinajstić information content (AvgIpc) is 3.58. The lowest BCUT2D eigenvalue weighted by molar-refractivity contribution is -0.143. The second kappa shape index (κ2) is 11.5. The lowest BCUT2D eigenvalue weighted by Crippen LogP contribution is -2.54. The summed E-state index contributed by atoms with van der Waals surface area (Å²) in [7, 11) is 0. The molecule has 3 aliphatic rings. The molecule has 0 aromatic carbocycles. The van der Waals surface area contributed by atoms with Crippen LogP contribution in [0.25, 0.3) is 11.0 Å². The van der Waals surface area contributed by atoms with Crippen LogP contribution in [0, 0.1) is 11.8 Å². The van der Waals surface area contributed by atoms with Gasteiger partial charge in [0, 0.05) is 30.2 Å². The monoisotopic (exact) mass is 527 g/mol. The molecule has 4 heterocycles. The first kappa shape index (κ1) is 26.7. The Labute approximate surface area is 221 Å². The first-order valence-electron chi connectivity index (χ1n) is 14.0. The summed E-state index contributed by atoms with van der Waals surface area (Å²) in [4.78, 5) is 50.5. The molecular formula is C28H38FN5O4. The summed E-state index contributed by atoms with van der Waals surface area (Å²) >= 11 is 0. The second-order valence-electron chi connectivity index (χ2n) is 11.2. The Balaban J connectivity index is 1.34. The van der Waals surface area contributed by atoms with Gasteiger partial charge in [0.1, 0.15) is 18.4 Å². The molecular weight excluding hydrogens is 489 g/mol. The van der Waals surface area contributed by atoms with Gasteiger partial charge in [0.15, 0.2) is 5.78 Å². The predicted molar refractivity (Wildman–Crippen MR) is 140 cm³/mol. The van der Waals surface area contributed by atoms with Crippen LogP contribution in [0.15, 0.2) is 18.2 Å². The topological polar surface area (TPSA) is 133 Å².